The maximum Gasteiger partial charge on any atom is 0.269 e. The van der Waals surface area contributed by atoms with Gasteiger partial charge in [0.2, 0.25) is 5.78 Å². The highest BCUT2D eigenvalue weighted by Crippen LogP contribution is 2.18. The van der Waals surface area contributed by atoms with Crippen molar-refractivity contribution in [2.24, 2.45) is 0 Å². The maximum absolute atomic E-state index is 12.6. The zero-order valence-electron chi connectivity index (χ0n) is 13.1. The molecule has 0 fully saturated rings. The predicted octanol–water partition coefficient (Wildman–Crippen LogP) is 2.96. The monoisotopic (exact) mass is 316 g/mol. The van der Waals surface area contributed by atoms with Gasteiger partial charge in [-0.15, -0.1) is 0 Å². The van der Waals surface area contributed by atoms with Crippen molar-refractivity contribution in [3.05, 3.63) is 63.5 Å². The summed E-state index contributed by atoms with van der Waals surface area (Å²) in [6.45, 7) is 2.81. The minimum atomic E-state index is -0.484. The Bertz CT molecular complexity index is 689. The normalized spacial score (nSPS) is 10.7. The number of aryl methyl sites for hydroxylation is 2. The lowest BCUT2D eigenvalue weighted by molar-refractivity contribution is -0.384. The topological polar surface area (TPSA) is 85.4 Å². The Balaban J connectivity index is 2.22. The third-order valence-electron chi connectivity index (χ3n) is 3.74. The third kappa shape index (κ3) is 4.04. The average molecular weight is 316 g/mol. The molecule has 0 atom stereocenters. The fourth-order valence-corrected chi connectivity index (χ4v) is 2.48. The number of unbranched alkanes of at least 4 members (excludes halogenated alkanes) is 1. The molecule has 0 saturated heterocycles. The van der Waals surface area contributed by atoms with Crippen LogP contribution in [-0.2, 0) is 13.0 Å². The van der Waals surface area contributed by atoms with Crippen molar-refractivity contribution in [3.8, 4) is 0 Å². The number of ketones is 1. The van der Waals surface area contributed by atoms with E-state index in [0.29, 0.717) is 17.8 Å². The van der Waals surface area contributed by atoms with Gasteiger partial charge >= 0.3 is 0 Å². The zero-order chi connectivity index (χ0) is 16.8. The highest BCUT2D eigenvalue weighted by atomic mass is 16.6. The van der Waals surface area contributed by atoms with E-state index in [9.17, 15) is 14.9 Å². The number of nitro benzene ring substituents is 1. The zero-order valence-corrected chi connectivity index (χ0v) is 13.1. The minimum absolute atomic E-state index is 0.0304. The SMILES string of the molecule is CCn1cc(CCCCO)cc1C(=O)c1ccc([N+](=O)[O-])cc1. The number of aromatic nitrogens is 1. The summed E-state index contributed by atoms with van der Waals surface area (Å²) in [6.07, 6.45) is 4.38. The molecule has 0 aliphatic carbocycles. The van der Waals surface area contributed by atoms with Crippen LogP contribution in [-0.4, -0.2) is 27.0 Å². The molecule has 0 radical (unpaired) electrons. The van der Waals surface area contributed by atoms with Gasteiger partial charge in [-0.3, -0.25) is 14.9 Å². The van der Waals surface area contributed by atoms with Gasteiger partial charge in [0.05, 0.1) is 10.6 Å². The number of benzene rings is 1. The smallest absolute Gasteiger partial charge is 0.269 e. The van der Waals surface area contributed by atoms with Gasteiger partial charge in [-0.2, -0.15) is 0 Å². The second-order valence-corrected chi connectivity index (χ2v) is 5.33. The summed E-state index contributed by atoms with van der Waals surface area (Å²) < 4.78 is 1.89. The lowest BCUT2D eigenvalue weighted by Crippen LogP contribution is -2.08. The molecule has 1 aromatic carbocycles. The number of aliphatic hydroxyl groups is 1. The first kappa shape index (κ1) is 16.9. The van der Waals surface area contributed by atoms with Crippen LogP contribution in [0.4, 0.5) is 5.69 Å². The molecule has 122 valence electrons. The standard InChI is InChI=1S/C17H20N2O4/c1-2-18-12-13(5-3-4-10-20)11-16(18)17(21)14-6-8-15(9-7-14)19(22)23/h6-9,11-12,20H,2-5,10H2,1H3. The molecule has 0 amide bonds. The van der Waals surface area contributed by atoms with E-state index >= 15 is 0 Å². The molecule has 6 heteroatoms. The van der Waals surface area contributed by atoms with Crippen LogP contribution in [0.15, 0.2) is 36.5 Å². The van der Waals surface area contributed by atoms with Crippen LogP contribution in [0.2, 0.25) is 0 Å². The first-order valence-electron chi connectivity index (χ1n) is 7.66. The Labute approximate surface area is 134 Å². The van der Waals surface area contributed by atoms with Gasteiger partial charge in [0.25, 0.3) is 5.69 Å². The van der Waals surface area contributed by atoms with Crippen molar-refractivity contribution in [2.45, 2.75) is 32.7 Å². The van der Waals surface area contributed by atoms with Gasteiger partial charge < -0.3 is 9.67 Å². The molecule has 1 aromatic heterocycles. The molecule has 0 unspecified atom stereocenters. The molecule has 23 heavy (non-hydrogen) atoms. The molecule has 2 rings (SSSR count). The number of hydrogen-bond donors (Lipinski definition) is 1. The number of carbonyl (C=O) groups is 1. The average Bonchev–Trinajstić information content (AvgIpc) is 2.97. The van der Waals surface area contributed by atoms with Gasteiger partial charge in [-0.25, -0.2) is 0 Å². The quantitative estimate of drug-likeness (QED) is 0.351. The van der Waals surface area contributed by atoms with Crippen LogP contribution in [0, 0.1) is 10.1 Å². The van der Waals surface area contributed by atoms with Crippen LogP contribution >= 0.6 is 0 Å². The number of non-ortho nitro benzene ring substituents is 1. The molecular weight excluding hydrogens is 296 g/mol. The Hall–Kier alpha value is -2.47. The Morgan fingerprint density at radius 2 is 1.96 bits per heavy atom. The van der Waals surface area contributed by atoms with Crippen LogP contribution in [0.5, 0.6) is 0 Å². The van der Waals surface area contributed by atoms with Gasteiger partial charge in [0.1, 0.15) is 0 Å². The predicted molar refractivity (Wildman–Crippen MR) is 86.7 cm³/mol. The first-order chi connectivity index (χ1) is 11.1. The van der Waals surface area contributed by atoms with E-state index in [4.69, 9.17) is 5.11 Å². The third-order valence-corrected chi connectivity index (χ3v) is 3.74. The maximum atomic E-state index is 12.6. The second-order valence-electron chi connectivity index (χ2n) is 5.33. The van der Waals surface area contributed by atoms with Crippen molar-refractivity contribution in [1.29, 1.82) is 0 Å². The summed E-state index contributed by atoms with van der Waals surface area (Å²) in [5.41, 5.74) is 2.05. The van der Waals surface area contributed by atoms with Crippen LogP contribution in [0.25, 0.3) is 0 Å². The van der Waals surface area contributed by atoms with E-state index in [2.05, 4.69) is 0 Å². The van der Waals surface area contributed by atoms with Crippen molar-refractivity contribution in [1.82, 2.24) is 4.57 Å². The molecule has 1 N–H and O–H groups in total. The lowest BCUT2D eigenvalue weighted by Gasteiger charge is -2.05. The van der Waals surface area contributed by atoms with Gasteiger partial charge in [0, 0.05) is 37.0 Å². The fraction of sp³-hybridized carbons (Fsp3) is 0.353. The Morgan fingerprint density at radius 1 is 1.26 bits per heavy atom. The summed E-state index contributed by atoms with van der Waals surface area (Å²) in [7, 11) is 0. The first-order valence-corrected chi connectivity index (χ1v) is 7.66. The van der Waals surface area contributed by atoms with Crippen molar-refractivity contribution in [3.63, 3.8) is 0 Å². The van der Waals surface area contributed by atoms with Gasteiger partial charge in [-0.1, -0.05) is 0 Å². The largest absolute Gasteiger partial charge is 0.396 e. The van der Waals surface area contributed by atoms with Crippen molar-refractivity contribution < 1.29 is 14.8 Å². The van der Waals surface area contributed by atoms with E-state index in [1.807, 2.05) is 23.8 Å². The summed E-state index contributed by atoms with van der Waals surface area (Å²) in [4.78, 5) is 22.8. The van der Waals surface area contributed by atoms with Crippen LogP contribution in [0.1, 0.15) is 41.4 Å². The van der Waals surface area contributed by atoms with Gasteiger partial charge in [0.15, 0.2) is 0 Å². The Morgan fingerprint density at radius 3 is 2.52 bits per heavy atom. The number of nitrogens with zero attached hydrogens (tertiary/aromatic N) is 2. The molecule has 0 aliphatic rings. The van der Waals surface area contributed by atoms with Crippen molar-refractivity contribution in [2.75, 3.05) is 6.61 Å². The molecular formula is C17H20N2O4. The Kier molecular flexibility index (Phi) is 5.65. The van der Waals surface area contributed by atoms with Gasteiger partial charge in [-0.05, 0) is 49.9 Å². The fourth-order valence-electron chi connectivity index (χ4n) is 2.48. The second kappa shape index (κ2) is 7.69. The van der Waals surface area contributed by atoms with Crippen LogP contribution in [0.3, 0.4) is 0 Å². The molecule has 0 spiro atoms. The highest BCUT2D eigenvalue weighted by Gasteiger charge is 2.16. The van der Waals surface area contributed by atoms with E-state index in [0.717, 1.165) is 24.8 Å². The molecule has 0 saturated carbocycles. The van der Waals surface area contributed by atoms with Crippen LogP contribution < -0.4 is 0 Å². The van der Waals surface area contributed by atoms with E-state index in [-0.39, 0.29) is 18.1 Å². The van der Waals surface area contributed by atoms with Crippen molar-refractivity contribution >= 4 is 11.5 Å². The lowest BCUT2D eigenvalue weighted by atomic mass is 10.1. The molecule has 2 aromatic rings. The van der Waals surface area contributed by atoms with E-state index in [1.54, 1.807) is 0 Å². The number of nitro groups is 1. The highest BCUT2D eigenvalue weighted by molar-refractivity contribution is 6.08. The summed E-state index contributed by atoms with van der Waals surface area (Å²) in [5.74, 6) is -0.143. The number of hydrogen-bond acceptors (Lipinski definition) is 4. The molecule has 6 nitrogen and oxygen atoms in total. The molecule has 1 heterocycles. The number of carbonyl (C=O) groups excluding carboxylic acids is 1. The summed E-state index contributed by atoms with van der Waals surface area (Å²) >= 11 is 0. The molecule has 0 aliphatic heterocycles. The minimum Gasteiger partial charge on any atom is -0.396 e. The number of rotatable bonds is 8. The van der Waals surface area contributed by atoms with E-state index < -0.39 is 4.92 Å². The summed E-state index contributed by atoms with van der Waals surface area (Å²) in [6, 6.07) is 7.52. The van der Waals surface area contributed by atoms with E-state index in [1.165, 1.54) is 24.3 Å². The molecule has 0 bridgehead atoms. The summed E-state index contributed by atoms with van der Waals surface area (Å²) in [5, 5.41) is 19.5. The number of aliphatic hydroxyl groups excluding tert-OH is 1.